The molecule has 1 aromatic rings. The number of aliphatic hydroxyl groups excluding tert-OH is 1. The average Bonchev–Trinajstić information content (AvgIpc) is 2.74. The highest BCUT2D eigenvalue weighted by Gasteiger charge is 2.38. The predicted molar refractivity (Wildman–Crippen MR) is 126 cm³/mol. The topological polar surface area (TPSA) is 137 Å². The summed E-state index contributed by atoms with van der Waals surface area (Å²) in [6.45, 7) is 8.42. The van der Waals surface area contributed by atoms with Crippen LogP contribution >= 0.6 is 0 Å². The molecule has 176 valence electrons. The van der Waals surface area contributed by atoms with Crippen LogP contribution in [0.4, 0.5) is 0 Å². The van der Waals surface area contributed by atoms with Gasteiger partial charge in [-0.3, -0.25) is 0 Å². The monoisotopic (exact) mass is 446 g/mol. The quantitative estimate of drug-likeness (QED) is 0.399. The van der Waals surface area contributed by atoms with Gasteiger partial charge in [0.2, 0.25) is 0 Å². The lowest BCUT2D eigenvalue weighted by molar-refractivity contribution is 0.0562. The summed E-state index contributed by atoms with van der Waals surface area (Å²) in [6.07, 6.45) is 8.53. The van der Waals surface area contributed by atoms with Gasteiger partial charge in [-0.25, -0.2) is 4.79 Å². The van der Waals surface area contributed by atoms with Gasteiger partial charge in [-0.1, -0.05) is 56.4 Å². The van der Waals surface area contributed by atoms with E-state index >= 15 is 0 Å². The van der Waals surface area contributed by atoms with Crippen molar-refractivity contribution >= 4 is 13.0 Å². The van der Waals surface area contributed by atoms with E-state index in [1.54, 1.807) is 12.1 Å². The highest BCUT2D eigenvalue weighted by molar-refractivity contribution is 6.53. The summed E-state index contributed by atoms with van der Waals surface area (Å²) in [5.41, 5.74) is 6.39. The Kier molecular flexibility index (Phi) is 10.7. The van der Waals surface area contributed by atoms with Crippen molar-refractivity contribution < 1.29 is 19.7 Å². The smallest absolute Gasteiger partial charge is 0.536 e. The van der Waals surface area contributed by atoms with E-state index in [9.17, 15) is 14.8 Å². The summed E-state index contributed by atoms with van der Waals surface area (Å²) in [5.74, 6) is -1.21. The van der Waals surface area contributed by atoms with E-state index in [0.29, 0.717) is 6.42 Å². The number of likely N-dealkylation sites (N-methyl/N-ethyl adjacent to an activating group) is 1. The van der Waals surface area contributed by atoms with Crippen LogP contribution < -0.4 is 15.7 Å². The van der Waals surface area contributed by atoms with Gasteiger partial charge >= 0.3 is 13.0 Å². The lowest BCUT2D eigenvalue weighted by atomic mass is 9.68. The highest BCUT2D eigenvalue weighted by Crippen LogP contribution is 2.30. The molecule has 3 atom stereocenters. The maximum absolute atomic E-state index is 11.1. The van der Waals surface area contributed by atoms with Gasteiger partial charge in [0.15, 0.2) is 0 Å². The number of nitrogens with two attached hydrogens (primary N) is 1. The summed E-state index contributed by atoms with van der Waals surface area (Å²) >= 11 is 0. The Morgan fingerprint density at radius 3 is 2.59 bits per heavy atom. The summed E-state index contributed by atoms with van der Waals surface area (Å²) in [7, 11) is -0.962. The zero-order valence-electron chi connectivity index (χ0n) is 18.8. The van der Waals surface area contributed by atoms with E-state index in [0.717, 1.165) is 31.6 Å². The molecule has 2 heterocycles. The van der Waals surface area contributed by atoms with Gasteiger partial charge < -0.3 is 30.8 Å². The zero-order chi connectivity index (χ0) is 23.5. The number of β-amino-alcohol motifs (C(OH)–C–C–N with tert-alkyl or cyclic N) is 1. The normalized spacial score (nSPS) is 24.1. The second-order valence-electron chi connectivity index (χ2n) is 8.22. The fourth-order valence-electron chi connectivity index (χ4n) is 3.53. The second kappa shape index (κ2) is 13.2. The van der Waals surface area contributed by atoms with Crippen LogP contribution in [-0.2, 0) is 6.42 Å². The van der Waals surface area contributed by atoms with Crippen LogP contribution in [0.15, 0.2) is 36.1 Å². The maximum atomic E-state index is 11.1. The third-order valence-electron chi connectivity index (χ3n) is 5.95. The molecule has 2 fully saturated rings. The molecule has 3 unspecified atom stereocenters. The Bertz CT molecular complexity index is 758. The van der Waals surface area contributed by atoms with Crippen LogP contribution in [0.3, 0.4) is 0 Å². The molecule has 4 rings (SSSR count). The lowest BCUT2D eigenvalue weighted by Gasteiger charge is -2.33. The average molecular weight is 446 g/mol. The Labute approximate surface area is 190 Å². The number of hydrogen-bond donors (Lipinski definition) is 4. The lowest BCUT2D eigenvalue weighted by Crippen LogP contribution is -2.50. The summed E-state index contributed by atoms with van der Waals surface area (Å²) in [6, 6.07) is 4.85. The third-order valence-corrected chi connectivity index (χ3v) is 5.95. The third kappa shape index (κ3) is 7.32. The van der Waals surface area contributed by atoms with Crippen LogP contribution in [-0.4, -0.2) is 65.9 Å². The van der Waals surface area contributed by atoms with Gasteiger partial charge in [0.05, 0.1) is 17.6 Å². The fourth-order valence-corrected chi connectivity index (χ4v) is 3.53. The number of fused-ring (bicyclic) bond motifs is 1. The van der Waals surface area contributed by atoms with Crippen molar-refractivity contribution in [1.82, 2.24) is 10.2 Å². The number of rotatable bonds is 5. The number of likely N-dealkylation sites (tertiary alicyclic amines) is 1. The number of nitrogens with one attached hydrogen (secondary N) is 1. The molecule has 3 aliphatic rings. The molecule has 0 amide bonds. The number of hydrogen-bond acceptors (Lipinski definition) is 8. The number of carboxylic acid groups (broad SMARTS) is 1. The zero-order valence-corrected chi connectivity index (χ0v) is 18.8. The van der Waals surface area contributed by atoms with Crippen molar-refractivity contribution in [3.8, 4) is 5.75 Å². The number of carboxylic acids is 1. The van der Waals surface area contributed by atoms with Crippen molar-refractivity contribution in [3.63, 3.8) is 0 Å². The number of carbonyl (C=O) groups is 1. The SMILES string of the molecule is C1CCC1.C=CNC1Cc2cccc(C(=O)O)c2OB1N=O.CCN1CCC(N)C(O)C1. The molecule has 0 bridgehead atoms. The Balaban J connectivity index is 0.000000215. The van der Waals surface area contributed by atoms with Gasteiger partial charge in [0.25, 0.3) is 0 Å². The summed E-state index contributed by atoms with van der Waals surface area (Å²) < 4.78 is 5.37. The number of piperidine rings is 1. The molecule has 0 spiro atoms. The molecule has 9 nitrogen and oxygen atoms in total. The molecule has 5 N–H and O–H groups in total. The van der Waals surface area contributed by atoms with Gasteiger partial charge in [-0.15, -0.1) is 0 Å². The minimum absolute atomic E-state index is 0.00259. The number of aromatic carboxylic acids is 1. The molecule has 1 saturated heterocycles. The van der Waals surface area contributed by atoms with Crippen molar-refractivity contribution in [1.29, 1.82) is 0 Å². The van der Waals surface area contributed by atoms with Crippen LogP contribution in [0, 0.1) is 4.91 Å². The van der Waals surface area contributed by atoms with E-state index in [2.05, 4.69) is 28.8 Å². The molecule has 0 radical (unpaired) electrons. The van der Waals surface area contributed by atoms with Crippen molar-refractivity contribution in [2.24, 2.45) is 10.8 Å². The fraction of sp³-hybridized carbons (Fsp3) is 0.591. The molecule has 0 aromatic heterocycles. The van der Waals surface area contributed by atoms with Crippen LogP contribution in [0.2, 0.25) is 0 Å². The van der Waals surface area contributed by atoms with Crippen LogP contribution in [0.25, 0.3) is 0 Å². The molecule has 1 aromatic carbocycles. The van der Waals surface area contributed by atoms with E-state index in [4.69, 9.17) is 15.5 Å². The first-order valence-corrected chi connectivity index (χ1v) is 11.3. The Hall–Kier alpha value is -2.43. The van der Waals surface area contributed by atoms with E-state index in [-0.39, 0.29) is 29.4 Å². The Morgan fingerprint density at radius 2 is 2.09 bits per heavy atom. The summed E-state index contributed by atoms with van der Waals surface area (Å²) in [5, 5.41) is 24.1. The predicted octanol–water partition coefficient (Wildman–Crippen LogP) is 2.18. The molecule has 2 aliphatic heterocycles. The van der Waals surface area contributed by atoms with Gasteiger partial charge in [-0.2, -0.15) is 4.91 Å². The highest BCUT2D eigenvalue weighted by atomic mass is 16.5. The summed E-state index contributed by atoms with van der Waals surface area (Å²) in [4.78, 5) is 24.0. The van der Waals surface area contributed by atoms with Gasteiger partial charge in [0, 0.05) is 12.6 Å². The maximum Gasteiger partial charge on any atom is 0.570 e. The molecule has 32 heavy (non-hydrogen) atoms. The Morgan fingerprint density at radius 1 is 1.41 bits per heavy atom. The van der Waals surface area contributed by atoms with Crippen LogP contribution in [0.1, 0.15) is 54.9 Å². The van der Waals surface area contributed by atoms with Crippen molar-refractivity contribution in [2.45, 2.75) is 63.5 Å². The molecule has 1 aliphatic carbocycles. The second-order valence-corrected chi connectivity index (χ2v) is 8.22. The minimum Gasteiger partial charge on any atom is -0.536 e. The molecular weight excluding hydrogens is 411 g/mol. The first-order valence-electron chi connectivity index (χ1n) is 11.3. The largest absolute Gasteiger partial charge is 0.570 e. The van der Waals surface area contributed by atoms with E-state index in [1.165, 1.54) is 37.9 Å². The number of nitroso groups, excluding NO2 is 1. The standard InChI is InChI=1S/C11H11BN2O4.C7H16N2O.C4H8/c1-2-13-9-6-7-4-3-5-8(11(15)16)10(7)18-12(9)14-17;1-2-9-4-3-6(8)7(10)5-9;1-2-4-3-1/h2-5,9,13H,1,6H2,(H,15,16);6-7,10H,2-5,8H2,1H3;1-4H2. The molecule has 10 heteroatoms. The minimum atomic E-state index is -1.09. The number of para-hydroxylation sites is 1. The molecule has 1 saturated carbocycles. The number of nitrogens with zero attached hydrogens (tertiary/aromatic N) is 2. The molecular formula is C22H35BN4O5. The van der Waals surface area contributed by atoms with E-state index in [1.807, 2.05) is 0 Å². The van der Waals surface area contributed by atoms with Crippen molar-refractivity contribution in [3.05, 3.63) is 47.0 Å². The van der Waals surface area contributed by atoms with Crippen molar-refractivity contribution in [2.75, 3.05) is 19.6 Å². The van der Waals surface area contributed by atoms with Crippen LogP contribution in [0.5, 0.6) is 5.75 Å². The van der Waals surface area contributed by atoms with Gasteiger partial charge in [0.1, 0.15) is 5.75 Å². The first-order chi connectivity index (χ1) is 15.4. The van der Waals surface area contributed by atoms with Gasteiger partial charge in [-0.05, 0) is 43.8 Å². The first kappa shape index (κ1) is 25.8. The number of aliphatic hydroxyl groups is 1. The van der Waals surface area contributed by atoms with E-state index < -0.39 is 13.0 Å². The number of benzene rings is 1.